The van der Waals surface area contributed by atoms with Crippen molar-refractivity contribution in [3.05, 3.63) is 479 Å². The molecule has 4 heterocycles. The van der Waals surface area contributed by atoms with Crippen molar-refractivity contribution in [2.45, 2.75) is 0 Å². The second-order valence-electron chi connectivity index (χ2n) is 31.3. The summed E-state index contributed by atoms with van der Waals surface area (Å²) in [6.45, 7) is 0. The zero-order chi connectivity index (χ0) is 84.6. The topological polar surface area (TPSA) is 51.4 Å². The SMILES string of the molecule is c1ccc(-c2ccc(Nc3cc(-c4ccccc4)cc4sc5ccccc5c34)cc2)cc1.c1ccc(Nc2cc(-c3ccc4ccccc4c3)c3sc4ccccc4c3c2)cc1.c1ccc(Nc2cc(-c3ccccc3)c3sc4ccccc4c3c2)cc1.c1ccc(Nc2ccc(-c3cccc(N(c4ccccc4)c4ccccc4)c3)c3sc4ccccc4c23)cc1. The molecule has 20 aromatic carbocycles. The van der Waals surface area contributed by atoms with Crippen molar-refractivity contribution in [2.75, 3.05) is 26.2 Å². The second-order valence-corrected chi connectivity index (χ2v) is 35.6. The average molecular weight is 1700 g/mol. The van der Waals surface area contributed by atoms with Gasteiger partial charge in [-0.25, -0.2) is 0 Å². The van der Waals surface area contributed by atoms with E-state index in [-0.39, 0.29) is 0 Å². The fourth-order valence-corrected chi connectivity index (χ4v) is 22.0. The molecule has 604 valence electrons. The van der Waals surface area contributed by atoms with Crippen LogP contribution in [0.3, 0.4) is 0 Å². The third-order valence-electron chi connectivity index (χ3n) is 23.1. The van der Waals surface area contributed by atoms with Crippen LogP contribution in [0.5, 0.6) is 0 Å². The highest BCUT2D eigenvalue weighted by Crippen LogP contribution is 2.49. The molecule has 0 aliphatic heterocycles. The summed E-state index contributed by atoms with van der Waals surface area (Å²) in [7, 11) is 0. The smallest absolute Gasteiger partial charge is 0.0485 e. The van der Waals surface area contributed by atoms with Crippen LogP contribution in [-0.4, -0.2) is 0 Å². The van der Waals surface area contributed by atoms with Gasteiger partial charge >= 0.3 is 0 Å². The number of fused-ring (bicyclic) bond motifs is 13. The van der Waals surface area contributed by atoms with Gasteiger partial charge in [0.1, 0.15) is 0 Å². The highest BCUT2D eigenvalue weighted by Gasteiger charge is 2.21. The lowest BCUT2D eigenvalue weighted by Crippen LogP contribution is -2.09. The van der Waals surface area contributed by atoms with Crippen molar-refractivity contribution < 1.29 is 0 Å². The van der Waals surface area contributed by atoms with Crippen LogP contribution in [0, 0.1) is 0 Å². The molecule has 0 amide bonds. The summed E-state index contributed by atoms with van der Waals surface area (Å²) in [6.07, 6.45) is 0. The maximum absolute atomic E-state index is 3.72. The predicted molar refractivity (Wildman–Crippen MR) is 556 cm³/mol. The van der Waals surface area contributed by atoms with Gasteiger partial charge < -0.3 is 26.2 Å². The molecule has 0 aliphatic carbocycles. The number of hydrogen-bond acceptors (Lipinski definition) is 9. The van der Waals surface area contributed by atoms with Crippen LogP contribution >= 0.6 is 45.3 Å². The molecule has 0 fully saturated rings. The molecule has 0 saturated heterocycles. The van der Waals surface area contributed by atoms with Gasteiger partial charge in [0.25, 0.3) is 0 Å². The number of anilines is 11. The fraction of sp³-hybridized carbons (Fsp3) is 0. The molecule has 0 aliphatic rings. The van der Waals surface area contributed by atoms with E-state index in [0.717, 1.165) is 62.6 Å². The van der Waals surface area contributed by atoms with Gasteiger partial charge in [0.15, 0.2) is 0 Å². The largest absolute Gasteiger partial charge is 0.355 e. The maximum Gasteiger partial charge on any atom is 0.0485 e. The third-order valence-corrected chi connectivity index (χ3v) is 27.9. The van der Waals surface area contributed by atoms with E-state index in [1.807, 2.05) is 63.5 Å². The molecule has 0 bridgehead atoms. The highest BCUT2D eigenvalue weighted by atomic mass is 32.1. The minimum Gasteiger partial charge on any atom is -0.355 e. The minimum atomic E-state index is 1.09. The van der Waals surface area contributed by atoms with E-state index in [1.165, 1.54) is 147 Å². The summed E-state index contributed by atoms with van der Waals surface area (Å²) < 4.78 is 10.5. The van der Waals surface area contributed by atoms with Gasteiger partial charge in [0, 0.05) is 154 Å². The number of para-hydroxylation sites is 5. The Morgan fingerprint density at radius 2 is 0.543 bits per heavy atom. The molecule has 24 rings (SSSR count). The fourth-order valence-electron chi connectivity index (χ4n) is 17.1. The van der Waals surface area contributed by atoms with Gasteiger partial charge in [-0.1, -0.05) is 322 Å². The molecular weight excluding hydrogens is 1620 g/mol. The summed E-state index contributed by atoms with van der Waals surface area (Å²) >= 11 is 7.46. The van der Waals surface area contributed by atoms with Crippen LogP contribution in [0.15, 0.2) is 479 Å². The molecule has 127 heavy (non-hydrogen) atoms. The maximum atomic E-state index is 3.72. The molecule has 4 aromatic heterocycles. The van der Waals surface area contributed by atoms with Crippen molar-refractivity contribution in [1.82, 2.24) is 0 Å². The van der Waals surface area contributed by atoms with Crippen LogP contribution in [0.2, 0.25) is 0 Å². The van der Waals surface area contributed by atoms with E-state index in [2.05, 4.69) is 487 Å². The predicted octanol–water partition coefficient (Wildman–Crippen LogP) is 36.2. The Labute approximate surface area is 754 Å². The van der Waals surface area contributed by atoms with Crippen LogP contribution < -0.4 is 26.2 Å². The number of hydrogen-bond donors (Lipinski definition) is 4. The first-order chi connectivity index (χ1) is 62.9. The first kappa shape index (κ1) is 78.8. The molecule has 0 unspecified atom stereocenters. The average Bonchev–Trinajstić information content (AvgIpc) is 1.64. The van der Waals surface area contributed by atoms with Crippen molar-refractivity contribution in [2.24, 2.45) is 0 Å². The first-order valence-electron chi connectivity index (χ1n) is 42.7. The van der Waals surface area contributed by atoms with Crippen molar-refractivity contribution in [1.29, 1.82) is 0 Å². The van der Waals surface area contributed by atoms with Crippen LogP contribution in [0.4, 0.5) is 62.6 Å². The summed E-state index contributed by atoms with van der Waals surface area (Å²) in [5.41, 5.74) is 24.7. The number of benzene rings is 20. The zero-order valence-electron chi connectivity index (χ0n) is 69.2. The summed E-state index contributed by atoms with van der Waals surface area (Å²) in [5.74, 6) is 0. The molecule has 4 N–H and O–H groups in total. The molecule has 24 aromatic rings. The monoisotopic (exact) mass is 1700 g/mol. The number of thiophene rings is 4. The lowest BCUT2D eigenvalue weighted by molar-refractivity contribution is 1.28. The molecule has 0 spiro atoms. The third kappa shape index (κ3) is 16.9. The van der Waals surface area contributed by atoms with E-state index < -0.39 is 0 Å². The van der Waals surface area contributed by atoms with E-state index in [9.17, 15) is 0 Å². The Balaban J connectivity index is 0.000000104. The molecule has 0 atom stereocenters. The van der Waals surface area contributed by atoms with E-state index in [1.54, 1.807) is 0 Å². The van der Waals surface area contributed by atoms with Crippen LogP contribution in [0.25, 0.3) is 147 Å². The number of rotatable bonds is 16. The Kier molecular flexibility index (Phi) is 22.4. The quantitative estimate of drug-likeness (QED) is 0.0777. The molecule has 0 saturated carbocycles. The van der Waals surface area contributed by atoms with Gasteiger partial charge in [-0.15, -0.1) is 45.3 Å². The summed E-state index contributed by atoms with van der Waals surface area (Å²) in [6, 6.07) is 170. The van der Waals surface area contributed by atoms with Gasteiger partial charge in [-0.2, -0.15) is 0 Å². The van der Waals surface area contributed by atoms with Gasteiger partial charge in [0.2, 0.25) is 0 Å². The van der Waals surface area contributed by atoms with Crippen molar-refractivity contribution in [3.63, 3.8) is 0 Å². The zero-order valence-corrected chi connectivity index (χ0v) is 72.5. The molecule has 0 radical (unpaired) electrons. The van der Waals surface area contributed by atoms with E-state index in [4.69, 9.17) is 0 Å². The minimum absolute atomic E-state index is 1.09. The van der Waals surface area contributed by atoms with E-state index in [0.29, 0.717) is 0 Å². The second kappa shape index (κ2) is 36.2. The number of nitrogens with zero attached hydrogens (tertiary/aromatic N) is 1. The van der Waals surface area contributed by atoms with Crippen LogP contribution in [-0.2, 0) is 0 Å². The van der Waals surface area contributed by atoms with Crippen LogP contribution in [0.1, 0.15) is 0 Å². The molecular formula is C118H83N5S4. The highest BCUT2D eigenvalue weighted by molar-refractivity contribution is 7.27. The van der Waals surface area contributed by atoms with Gasteiger partial charge in [0.05, 0.1) is 0 Å². The lowest BCUT2D eigenvalue weighted by Gasteiger charge is -2.26. The van der Waals surface area contributed by atoms with Gasteiger partial charge in [-0.05, 0) is 213 Å². The normalized spacial score (nSPS) is 11.1. The van der Waals surface area contributed by atoms with Crippen molar-refractivity contribution in [3.8, 4) is 55.6 Å². The summed E-state index contributed by atoms with van der Waals surface area (Å²) in [4.78, 5) is 2.32. The summed E-state index contributed by atoms with van der Waals surface area (Å²) in [5, 5.41) is 27.5. The Bertz CT molecular complexity index is 7940. The Morgan fingerprint density at radius 1 is 0.165 bits per heavy atom. The molecule has 5 nitrogen and oxygen atoms in total. The first-order valence-corrected chi connectivity index (χ1v) is 46.0. The Hall–Kier alpha value is -15.5. The molecule has 9 heteroatoms. The van der Waals surface area contributed by atoms with Crippen molar-refractivity contribution >= 4 is 199 Å². The van der Waals surface area contributed by atoms with Gasteiger partial charge in [-0.3, -0.25) is 0 Å². The standard InChI is InChI=1S/C36H26N2S.C30H21NS.C28H19NS.C24H17NS/c1-4-14-27(15-5-1)37-33-24-23-31(36-35(33)32-21-10-11-22-34(32)39-36)26-13-12-20-30(25-26)38(28-16-6-2-7-17-28)29-18-8-3-9-19-29;1-3-9-21(10-4-1)23-15-17-25(18-16-23)31-27-19-24(22-11-5-2-6-12-22)20-29-30(27)26-13-7-8-14-28(26)32-29;1-2-10-22(11-3-1)29-23-17-25(21-15-14-19-8-4-5-9-20(19)16-21)28-26(18-23)24-12-6-7-13-27(24)30-28;1-3-9-17(10-4-1)21-15-19(25-18-11-5-2-6-12-18)16-22-20-13-7-8-14-23(20)26-24(21)22/h1-25,37H;1-20,31H;1-18,29H;1-16,25H. The Morgan fingerprint density at radius 3 is 1.09 bits per heavy atom. The number of nitrogens with one attached hydrogen (secondary N) is 4. The van der Waals surface area contributed by atoms with E-state index >= 15 is 0 Å². The lowest BCUT2D eigenvalue weighted by atomic mass is 9.98.